The maximum absolute atomic E-state index is 12.2. The molecular formula is C15H20N2O4. The van der Waals surface area contributed by atoms with E-state index in [4.69, 9.17) is 9.84 Å². The Balaban J connectivity index is 2.08. The van der Waals surface area contributed by atoms with Crippen LogP contribution in [0, 0.1) is 19.8 Å². The molecule has 1 fully saturated rings. The van der Waals surface area contributed by atoms with Crippen molar-refractivity contribution in [1.82, 2.24) is 4.90 Å². The van der Waals surface area contributed by atoms with Crippen molar-refractivity contribution in [3.05, 3.63) is 23.3 Å². The lowest BCUT2D eigenvalue weighted by Crippen LogP contribution is -2.34. The third-order valence-electron chi connectivity index (χ3n) is 3.81. The van der Waals surface area contributed by atoms with E-state index in [9.17, 15) is 9.59 Å². The fraction of sp³-hybridized carbons (Fsp3) is 0.467. The molecule has 1 aliphatic rings. The first-order chi connectivity index (χ1) is 9.92. The van der Waals surface area contributed by atoms with Gasteiger partial charge >= 0.3 is 12.0 Å². The summed E-state index contributed by atoms with van der Waals surface area (Å²) in [6, 6.07) is 3.46. The summed E-state index contributed by atoms with van der Waals surface area (Å²) in [5.41, 5.74) is 2.62. The number of hydrogen-bond donors (Lipinski definition) is 2. The summed E-state index contributed by atoms with van der Waals surface area (Å²) < 4.78 is 5.25. The van der Waals surface area contributed by atoms with Crippen molar-refractivity contribution in [1.29, 1.82) is 0 Å². The highest BCUT2D eigenvalue weighted by Crippen LogP contribution is 2.27. The number of ether oxygens (including phenoxy) is 1. The van der Waals surface area contributed by atoms with Gasteiger partial charge in [-0.1, -0.05) is 6.07 Å². The number of carboxylic acids is 1. The number of hydrogen-bond acceptors (Lipinski definition) is 3. The zero-order chi connectivity index (χ0) is 15.6. The molecule has 21 heavy (non-hydrogen) atoms. The van der Waals surface area contributed by atoms with E-state index in [1.54, 1.807) is 13.2 Å². The van der Waals surface area contributed by atoms with Crippen molar-refractivity contribution < 1.29 is 19.4 Å². The summed E-state index contributed by atoms with van der Waals surface area (Å²) in [7, 11) is 1.58. The number of carboxylic acid groups (broad SMARTS) is 1. The molecular weight excluding hydrogens is 272 g/mol. The Hall–Kier alpha value is -2.24. The molecule has 0 radical (unpaired) electrons. The number of aryl methyl sites for hydroxylation is 2. The molecule has 0 saturated carbocycles. The lowest BCUT2D eigenvalue weighted by molar-refractivity contribution is -0.141. The minimum atomic E-state index is -0.849. The number of nitrogens with zero attached hydrogens (tertiary/aromatic N) is 1. The topological polar surface area (TPSA) is 78.9 Å². The second-order valence-corrected chi connectivity index (χ2v) is 5.34. The van der Waals surface area contributed by atoms with Gasteiger partial charge < -0.3 is 20.1 Å². The average molecular weight is 292 g/mol. The zero-order valence-corrected chi connectivity index (χ0v) is 12.5. The molecule has 0 spiro atoms. The van der Waals surface area contributed by atoms with E-state index < -0.39 is 11.9 Å². The molecule has 2 amide bonds. The van der Waals surface area contributed by atoms with Gasteiger partial charge in [-0.05, 0) is 31.4 Å². The van der Waals surface area contributed by atoms with Gasteiger partial charge in [0.2, 0.25) is 0 Å². The Morgan fingerprint density at radius 3 is 2.62 bits per heavy atom. The smallest absolute Gasteiger partial charge is 0.321 e. The molecule has 1 atom stereocenters. The van der Waals surface area contributed by atoms with Crippen LogP contribution in [-0.4, -0.2) is 42.2 Å². The first kappa shape index (κ1) is 15.2. The number of carbonyl (C=O) groups excluding carboxylic acids is 1. The third kappa shape index (κ3) is 3.26. The number of urea groups is 1. The Bertz CT molecular complexity index is 571. The van der Waals surface area contributed by atoms with Crippen molar-refractivity contribution in [3.63, 3.8) is 0 Å². The number of nitrogens with one attached hydrogen (secondary N) is 1. The summed E-state index contributed by atoms with van der Waals surface area (Å²) in [5, 5.41) is 11.8. The van der Waals surface area contributed by atoms with Crippen molar-refractivity contribution in [3.8, 4) is 5.75 Å². The van der Waals surface area contributed by atoms with Crippen LogP contribution in [0.25, 0.3) is 0 Å². The summed E-state index contributed by atoms with van der Waals surface area (Å²) in [5.74, 6) is -0.608. The van der Waals surface area contributed by atoms with Gasteiger partial charge in [-0.25, -0.2) is 4.79 Å². The highest BCUT2D eigenvalue weighted by Gasteiger charge is 2.31. The van der Waals surface area contributed by atoms with Crippen molar-refractivity contribution in [2.75, 3.05) is 25.5 Å². The number of likely N-dealkylation sites (tertiary alicyclic amines) is 1. The predicted molar refractivity (Wildman–Crippen MR) is 78.8 cm³/mol. The second kappa shape index (κ2) is 6.03. The van der Waals surface area contributed by atoms with Crippen LogP contribution in [0.4, 0.5) is 10.5 Å². The molecule has 1 saturated heterocycles. The molecule has 1 unspecified atom stereocenters. The van der Waals surface area contributed by atoms with Crippen LogP contribution in [0.5, 0.6) is 5.75 Å². The highest BCUT2D eigenvalue weighted by atomic mass is 16.5. The van der Waals surface area contributed by atoms with Crippen molar-refractivity contribution in [2.24, 2.45) is 5.92 Å². The minimum Gasteiger partial charge on any atom is -0.496 e. The highest BCUT2D eigenvalue weighted by molar-refractivity contribution is 5.91. The molecule has 2 rings (SSSR count). The summed E-state index contributed by atoms with van der Waals surface area (Å²) in [6.45, 7) is 4.56. The van der Waals surface area contributed by atoms with Gasteiger partial charge in [-0.2, -0.15) is 0 Å². The zero-order valence-electron chi connectivity index (χ0n) is 12.5. The molecule has 6 heteroatoms. The molecule has 114 valence electrons. The number of aliphatic carboxylic acids is 1. The standard InChI is InChI=1S/C15H20N2O4/c1-9-6-10(2)13(21-3)7-12(9)16-15(20)17-5-4-11(8-17)14(18)19/h6-7,11H,4-5,8H2,1-3H3,(H,16,20)(H,18,19). The van der Waals surface area contributed by atoms with E-state index in [2.05, 4.69) is 5.32 Å². The van der Waals surface area contributed by atoms with Crippen molar-refractivity contribution in [2.45, 2.75) is 20.3 Å². The van der Waals surface area contributed by atoms with Crippen LogP contribution in [0.2, 0.25) is 0 Å². The fourth-order valence-corrected chi connectivity index (χ4v) is 2.53. The van der Waals surface area contributed by atoms with E-state index in [0.29, 0.717) is 24.4 Å². The SMILES string of the molecule is COc1cc(NC(=O)N2CCC(C(=O)O)C2)c(C)cc1C. The van der Waals surface area contributed by atoms with Crippen LogP contribution in [0.15, 0.2) is 12.1 Å². The fourth-order valence-electron chi connectivity index (χ4n) is 2.53. The molecule has 1 aromatic carbocycles. The summed E-state index contributed by atoms with van der Waals surface area (Å²) in [4.78, 5) is 24.7. The first-order valence-corrected chi connectivity index (χ1v) is 6.86. The molecule has 6 nitrogen and oxygen atoms in total. The average Bonchev–Trinajstić information content (AvgIpc) is 2.91. The van der Waals surface area contributed by atoms with Crippen molar-refractivity contribution >= 4 is 17.7 Å². The Kier molecular flexibility index (Phi) is 4.35. The minimum absolute atomic E-state index is 0.253. The number of benzene rings is 1. The third-order valence-corrected chi connectivity index (χ3v) is 3.81. The van der Waals surface area contributed by atoms with E-state index in [1.165, 1.54) is 4.90 Å². The van der Waals surface area contributed by atoms with Crippen LogP contribution in [-0.2, 0) is 4.79 Å². The monoisotopic (exact) mass is 292 g/mol. The van der Waals surface area contributed by atoms with Crippen LogP contribution in [0.3, 0.4) is 0 Å². The normalized spacial score (nSPS) is 17.7. The van der Waals surface area contributed by atoms with E-state index in [0.717, 1.165) is 11.1 Å². The molecule has 0 bridgehead atoms. The number of carbonyl (C=O) groups is 2. The first-order valence-electron chi connectivity index (χ1n) is 6.86. The molecule has 2 N–H and O–H groups in total. The van der Waals surface area contributed by atoms with E-state index in [1.807, 2.05) is 19.9 Å². The van der Waals surface area contributed by atoms with Gasteiger partial charge in [0.25, 0.3) is 0 Å². The van der Waals surface area contributed by atoms with E-state index >= 15 is 0 Å². The largest absolute Gasteiger partial charge is 0.496 e. The van der Waals surface area contributed by atoms with Crippen LogP contribution in [0.1, 0.15) is 17.5 Å². The molecule has 1 heterocycles. The van der Waals surface area contributed by atoms with Gasteiger partial charge in [-0.15, -0.1) is 0 Å². The van der Waals surface area contributed by atoms with Crippen LogP contribution < -0.4 is 10.1 Å². The Morgan fingerprint density at radius 2 is 2.05 bits per heavy atom. The molecule has 1 aromatic rings. The Morgan fingerprint density at radius 1 is 1.33 bits per heavy atom. The van der Waals surface area contributed by atoms with Gasteiger partial charge in [-0.3, -0.25) is 4.79 Å². The number of amides is 2. The van der Waals surface area contributed by atoms with Crippen LogP contribution >= 0.6 is 0 Å². The lowest BCUT2D eigenvalue weighted by Gasteiger charge is -2.18. The Labute approximate surface area is 123 Å². The second-order valence-electron chi connectivity index (χ2n) is 5.34. The number of rotatable bonds is 3. The number of methoxy groups -OCH3 is 1. The van der Waals surface area contributed by atoms with Gasteiger partial charge in [0.1, 0.15) is 5.75 Å². The lowest BCUT2D eigenvalue weighted by atomic mass is 10.1. The molecule has 0 aliphatic carbocycles. The van der Waals surface area contributed by atoms with Gasteiger partial charge in [0, 0.05) is 24.8 Å². The molecule has 1 aliphatic heterocycles. The maximum Gasteiger partial charge on any atom is 0.321 e. The molecule has 0 aromatic heterocycles. The summed E-state index contributed by atoms with van der Waals surface area (Å²) in [6.07, 6.45) is 0.499. The van der Waals surface area contributed by atoms with E-state index in [-0.39, 0.29) is 12.6 Å². The quantitative estimate of drug-likeness (QED) is 0.895. The maximum atomic E-state index is 12.2. The summed E-state index contributed by atoms with van der Waals surface area (Å²) >= 11 is 0. The number of anilines is 1. The van der Waals surface area contributed by atoms with Gasteiger partial charge in [0.15, 0.2) is 0 Å². The predicted octanol–water partition coefficient (Wildman–Crippen LogP) is 2.25. The van der Waals surface area contributed by atoms with Gasteiger partial charge in [0.05, 0.1) is 13.0 Å².